The van der Waals surface area contributed by atoms with Gasteiger partial charge in [-0.15, -0.1) is 0 Å². The maximum Gasteiger partial charge on any atom is 0.333 e. The van der Waals surface area contributed by atoms with Gasteiger partial charge in [0.25, 0.3) is 0 Å². The van der Waals surface area contributed by atoms with Crippen LogP contribution in [0.5, 0.6) is 0 Å². The molecule has 2 heterocycles. The minimum absolute atomic E-state index is 0.00738. The summed E-state index contributed by atoms with van der Waals surface area (Å²) in [5.41, 5.74) is -1.28. The smallest absolute Gasteiger partial charge is 0.333 e. The van der Waals surface area contributed by atoms with E-state index in [4.69, 9.17) is 14.2 Å². The average Bonchev–Trinajstić information content (AvgIpc) is 3.08. The van der Waals surface area contributed by atoms with E-state index in [1.54, 1.807) is 40.7 Å². The molecule has 9 nitrogen and oxygen atoms in total. The number of allylic oxidation sites excluding steroid dienone is 1. The van der Waals surface area contributed by atoms with Crippen molar-refractivity contribution in [1.29, 1.82) is 0 Å². The van der Waals surface area contributed by atoms with E-state index < -0.39 is 82.7 Å². The number of esters is 2. The number of carbonyl (C=O) groups is 2. The number of aliphatic hydroxyl groups is 4. The minimum Gasteiger partial charge on any atom is -0.458 e. The second-order valence-corrected chi connectivity index (χ2v) is 11.1. The van der Waals surface area contributed by atoms with Gasteiger partial charge in [0.05, 0.1) is 18.8 Å². The topological polar surface area (TPSA) is 143 Å². The third-order valence-electron chi connectivity index (χ3n) is 9.73. The maximum atomic E-state index is 13.0. The molecule has 2 aliphatic heterocycles. The summed E-state index contributed by atoms with van der Waals surface area (Å²) in [5.74, 6) is -5.64. The molecule has 5 aliphatic rings. The molecule has 5 rings (SSSR count). The minimum atomic E-state index is -2.03. The van der Waals surface area contributed by atoms with Crippen LogP contribution in [0.1, 0.15) is 41.0 Å². The Morgan fingerprint density at radius 1 is 1.26 bits per heavy atom. The zero-order valence-corrected chi connectivity index (χ0v) is 20.1. The van der Waals surface area contributed by atoms with Gasteiger partial charge in [-0.05, 0) is 32.6 Å². The largest absolute Gasteiger partial charge is 0.458 e. The van der Waals surface area contributed by atoms with Crippen LogP contribution in [0.4, 0.5) is 0 Å². The van der Waals surface area contributed by atoms with Crippen LogP contribution < -0.4 is 0 Å². The van der Waals surface area contributed by atoms with Gasteiger partial charge in [0, 0.05) is 34.7 Å². The molecule has 4 fully saturated rings. The van der Waals surface area contributed by atoms with Crippen molar-refractivity contribution in [2.45, 2.75) is 77.3 Å². The summed E-state index contributed by atoms with van der Waals surface area (Å²) < 4.78 is 17.9. The highest BCUT2D eigenvalue weighted by molar-refractivity contribution is 5.88. The maximum absolute atomic E-state index is 13.0. The molecule has 34 heavy (non-hydrogen) atoms. The highest BCUT2D eigenvalue weighted by atomic mass is 16.7. The fourth-order valence-electron chi connectivity index (χ4n) is 8.27. The van der Waals surface area contributed by atoms with Gasteiger partial charge in [0.15, 0.2) is 5.79 Å². The standard InChI is InChI=1S/C25H34O9/c1-6-10(2)21(30)34-17-16-11(3)7-14(26)19(29)23(16,5)22-24-9-32-25(22,31)18(28)12(4)13(24)8-15(27)33-20(17)24/h6-7,12-14,16-20,22,26,28-29,31H,8-9H2,1-5H3/b10-6+. The lowest BCUT2D eigenvalue weighted by Gasteiger charge is -2.69. The fourth-order valence-corrected chi connectivity index (χ4v) is 8.27. The Bertz CT molecular complexity index is 989. The van der Waals surface area contributed by atoms with E-state index in [1.807, 2.05) is 0 Å². The quantitative estimate of drug-likeness (QED) is 0.253. The van der Waals surface area contributed by atoms with Crippen LogP contribution in [0.3, 0.4) is 0 Å². The number of hydrogen-bond acceptors (Lipinski definition) is 9. The van der Waals surface area contributed by atoms with Crippen LogP contribution in [0.25, 0.3) is 0 Å². The molecule has 0 aromatic carbocycles. The molecule has 9 heteroatoms. The lowest BCUT2D eigenvalue weighted by atomic mass is 9.37. The van der Waals surface area contributed by atoms with Crippen molar-refractivity contribution < 1.29 is 44.2 Å². The summed E-state index contributed by atoms with van der Waals surface area (Å²) in [6.45, 7) is 8.57. The first-order chi connectivity index (χ1) is 15.8. The number of rotatable bonds is 2. The highest BCUT2D eigenvalue weighted by Crippen LogP contribution is 2.74. The van der Waals surface area contributed by atoms with Crippen LogP contribution in [0.15, 0.2) is 23.3 Å². The van der Waals surface area contributed by atoms with Crippen LogP contribution >= 0.6 is 0 Å². The first kappa shape index (κ1) is 23.9. The van der Waals surface area contributed by atoms with Gasteiger partial charge in [-0.3, -0.25) is 4.79 Å². The van der Waals surface area contributed by atoms with Crippen molar-refractivity contribution in [1.82, 2.24) is 0 Å². The van der Waals surface area contributed by atoms with E-state index in [0.29, 0.717) is 11.1 Å². The molecule has 4 N–H and O–H groups in total. The number of fused-ring (bicyclic) bond motifs is 1. The second-order valence-electron chi connectivity index (χ2n) is 11.1. The summed E-state index contributed by atoms with van der Waals surface area (Å²) in [7, 11) is 0. The van der Waals surface area contributed by atoms with Gasteiger partial charge in [0.1, 0.15) is 18.3 Å². The number of carbonyl (C=O) groups excluding carboxylic acids is 2. The lowest BCUT2D eigenvalue weighted by molar-refractivity contribution is -0.350. The Hall–Kier alpha value is -1.78. The molecule has 2 saturated heterocycles. The van der Waals surface area contributed by atoms with Crippen molar-refractivity contribution in [2.24, 2.45) is 34.5 Å². The molecule has 1 spiro atoms. The van der Waals surface area contributed by atoms with Gasteiger partial charge in [0.2, 0.25) is 0 Å². The number of ether oxygens (including phenoxy) is 3. The number of aliphatic hydroxyl groups excluding tert-OH is 3. The summed E-state index contributed by atoms with van der Waals surface area (Å²) in [4.78, 5) is 25.8. The van der Waals surface area contributed by atoms with Crippen molar-refractivity contribution in [2.75, 3.05) is 6.61 Å². The Morgan fingerprint density at radius 3 is 2.59 bits per heavy atom. The van der Waals surface area contributed by atoms with Crippen LogP contribution in [0.2, 0.25) is 0 Å². The van der Waals surface area contributed by atoms with Gasteiger partial charge >= 0.3 is 11.9 Å². The van der Waals surface area contributed by atoms with Gasteiger partial charge in [-0.25, -0.2) is 4.79 Å². The molecule has 188 valence electrons. The van der Waals surface area contributed by atoms with Crippen molar-refractivity contribution >= 4 is 11.9 Å². The average molecular weight is 479 g/mol. The van der Waals surface area contributed by atoms with Crippen LogP contribution in [0, 0.1) is 34.5 Å². The predicted molar refractivity (Wildman–Crippen MR) is 117 cm³/mol. The normalized spacial score (nSPS) is 53.9. The van der Waals surface area contributed by atoms with E-state index >= 15 is 0 Å². The second kappa shape index (κ2) is 7.36. The molecular formula is C25H34O9. The Kier molecular flexibility index (Phi) is 5.19. The van der Waals surface area contributed by atoms with E-state index in [1.165, 1.54) is 6.08 Å². The van der Waals surface area contributed by atoms with Crippen LogP contribution in [-0.4, -0.2) is 75.3 Å². The van der Waals surface area contributed by atoms with E-state index in [2.05, 4.69) is 0 Å². The molecule has 12 unspecified atom stereocenters. The third-order valence-corrected chi connectivity index (χ3v) is 9.73. The predicted octanol–water partition coefficient (Wildman–Crippen LogP) is 0.446. The molecule has 0 aromatic heterocycles. The van der Waals surface area contributed by atoms with E-state index in [0.717, 1.165) is 0 Å². The molecule has 2 saturated carbocycles. The first-order valence-corrected chi connectivity index (χ1v) is 12.0. The zero-order valence-electron chi connectivity index (χ0n) is 20.1. The molecule has 2 bridgehead atoms. The summed E-state index contributed by atoms with van der Waals surface area (Å²) in [6.07, 6.45) is -2.69. The highest BCUT2D eigenvalue weighted by Gasteiger charge is 2.84. The summed E-state index contributed by atoms with van der Waals surface area (Å²) in [5, 5.41) is 45.2. The molecular weight excluding hydrogens is 444 g/mol. The van der Waals surface area contributed by atoms with E-state index in [-0.39, 0.29) is 13.0 Å². The number of hydrogen-bond donors (Lipinski definition) is 4. The lowest BCUT2D eigenvalue weighted by Crippen LogP contribution is -2.79. The van der Waals surface area contributed by atoms with Gasteiger partial charge in [-0.2, -0.15) is 0 Å². The van der Waals surface area contributed by atoms with Crippen LogP contribution in [-0.2, 0) is 23.8 Å². The van der Waals surface area contributed by atoms with E-state index in [9.17, 15) is 30.0 Å². The third kappa shape index (κ3) is 2.62. The Morgan fingerprint density at radius 2 is 1.94 bits per heavy atom. The molecule has 3 aliphatic carbocycles. The van der Waals surface area contributed by atoms with Crippen molar-refractivity contribution in [3.63, 3.8) is 0 Å². The van der Waals surface area contributed by atoms with Crippen molar-refractivity contribution in [3.05, 3.63) is 23.3 Å². The van der Waals surface area contributed by atoms with Gasteiger partial charge in [-0.1, -0.05) is 31.6 Å². The molecule has 12 atom stereocenters. The molecule has 0 aromatic rings. The summed E-state index contributed by atoms with van der Waals surface area (Å²) in [6, 6.07) is 0. The molecule has 0 radical (unpaired) electrons. The van der Waals surface area contributed by atoms with Crippen molar-refractivity contribution in [3.8, 4) is 0 Å². The van der Waals surface area contributed by atoms with Gasteiger partial charge < -0.3 is 34.6 Å². The monoisotopic (exact) mass is 478 g/mol. The summed E-state index contributed by atoms with van der Waals surface area (Å²) >= 11 is 0. The fraction of sp³-hybridized carbons (Fsp3) is 0.760. The Labute approximate surface area is 198 Å². The zero-order chi connectivity index (χ0) is 25.0. The SMILES string of the molecule is C/C=C(\C)C(=O)OC1C2C(C)=CC(O)C(O)C2(C)C2C3(O)OCC24C(CC(=O)OC14)C(C)C3O. The molecule has 0 amide bonds. The Balaban J connectivity index is 1.78. The first-order valence-electron chi connectivity index (χ1n) is 12.0.